The Hall–Kier alpha value is -2.79. The van der Waals surface area contributed by atoms with Gasteiger partial charge in [-0.15, -0.1) is 0 Å². The van der Waals surface area contributed by atoms with E-state index in [0.717, 1.165) is 16.5 Å². The minimum atomic E-state index is -0.771. The molecule has 0 radical (unpaired) electrons. The average molecular weight is 371 g/mol. The predicted molar refractivity (Wildman–Crippen MR) is 103 cm³/mol. The lowest BCUT2D eigenvalue weighted by atomic mass is 9.83. The number of anilines is 1. The van der Waals surface area contributed by atoms with E-state index in [-0.39, 0.29) is 5.91 Å². The van der Waals surface area contributed by atoms with Crippen molar-refractivity contribution in [3.05, 3.63) is 64.8 Å². The Kier molecular flexibility index (Phi) is 4.74. The molecule has 3 rings (SSSR count). The maximum absolute atomic E-state index is 12.9. The highest BCUT2D eigenvalue weighted by atomic mass is 35.5. The number of nitrogens with one attached hydrogen (secondary N) is 2. The largest absolute Gasteiger partial charge is 0.465 e. The van der Waals surface area contributed by atoms with Crippen LogP contribution in [0.1, 0.15) is 29.8 Å². The minimum absolute atomic E-state index is 0.154. The summed E-state index contributed by atoms with van der Waals surface area (Å²) in [5.74, 6) is -0.570. The fourth-order valence-electron chi connectivity index (χ4n) is 2.83. The summed E-state index contributed by atoms with van der Waals surface area (Å²) in [6.07, 6.45) is 1.83. The van der Waals surface area contributed by atoms with Crippen LogP contribution in [-0.2, 0) is 14.9 Å². The van der Waals surface area contributed by atoms with Gasteiger partial charge in [-0.1, -0.05) is 17.7 Å². The highest BCUT2D eigenvalue weighted by Gasteiger charge is 2.32. The smallest absolute Gasteiger partial charge is 0.337 e. The zero-order chi connectivity index (χ0) is 18.9. The third kappa shape index (κ3) is 3.30. The third-order valence-electron chi connectivity index (χ3n) is 4.45. The van der Waals surface area contributed by atoms with Gasteiger partial charge in [0.2, 0.25) is 5.91 Å². The first-order valence-corrected chi connectivity index (χ1v) is 8.47. The van der Waals surface area contributed by atoms with E-state index >= 15 is 0 Å². The molecular weight excluding hydrogens is 352 g/mol. The molecule has 1 heterocycles. The summed E-state index contributed by atoms with van der Waals surface area (Å²) in [7, 11) is 1.33. The molecule has 1 amide bonds. The molecule has 3 aromatic rings. The van der Waals surface area contributed by atoms with Crippen LogP contribution in [0.5, 0.6) is 0 Å². The maximum Gasteiger partial charge on any atom is 0.337 e. The average Bonchev–Trinajstić information content (AvgIpc) is 3.05. The second-order valence-electron chi connectivity index (χ2n) is 6.54. The predicted octanol–water partition coefficient (Wildman–Crippen LogP) is 4.52. The number of H-pyrrole nitrogens is 1. The number of fused-ring (bicyclic) bond motifs is 1. The van der Waals surface area contributed by atoms with E-state index in [1.165, 1.54) is 7.11 Å². The van der Waals surface area contributed by atoms with Crippen molar-refractivity contribution >= 4 is 40.1 Å². The van der Waals surface area contributed by atoms with Crippen LogP contribution in [0.2, 0.25) is 5.02 Å². The third-order valence-corrected chi connectivity index (χ3v) is 4.68. The molecule has 2 aromatic carbocycles. The monoisotopic (exact) mass is 370 g/mol. The molecule has 0 saturated carbocycles. The SMILES string of the molecule is COC(=O)c1ccc(NC(=O)C(C)(C)c2c[nH]c3cc(Cl)ccc23)cc1. The number of carbonyl (C=O) groups is 2. The Morgan fingerprint density at radius 3 is 2.46 bits per heavy atom. The molecule has 0 saturated heterocycles. The summed E-state index contributed by atoms with van der Waals surface area (Å²) in [6.45, 7) is 3.73. The number of halogens is 1. The molecule has 0 spiro atoms. The van der Waals surface area contributed by atoms with Gasteiger partial charge < -0.3 is 15.0 Å². The van der Waals surface area contributed by atoms with Gasteiger partial charge in [-0.25, -0.2) is 4.79 Å². The van der Waals surface area contributed by atoms with Crippen LogP contribution >= 0.6 is 11.6 Å². The van der Waals surface area contributed by atoms with E-state index in [0.29, 0.717) is 16.3 Å². The topological polar surface area (TPSA) is 71.2 Å². The van der Waals surface area contributed by atoms with Crippen molar-refractivity contribution in [1.29, 1.82) is 0 Å². The van der Waals surface area contributed by atoms with E-state index in [4.69, 9.17) is 11.6 Å². The van der Waals surface area contributed by atoms with Crippen LogP contribution in [0, 0.1) is 0 Å². The zero-order valence-electron chi connectivity index (χ0n) is 14.7. The highest BCUT2D eigenvalue weighted by molar-refractivity contribution is 6.31. The minimum Gasteiger partial charge on any atom is -0.465 e. The molecule has 134 valence electrons. The van der Waals surface area contributed by atoms with Gasteiger partial charge in [0.15, 0.2) is 0 Å². The summed E-state index contributed by atoms with van der Waals surface area (Å²) in [5, 5.41) is 4.49. The van der Waals surface area contributed by atoms with Crippen molar-refractivity contribution in [3.63, 3.8) is 0 Å². The molecule has 0 atom stereocenters. The quantitative estimate of drug-likeness (QED) is 0.663. The molecule has 0 aliphatic heterocycles. The number of carbonyl (C=O) groups excluding carboxylic acids is 2. The number of esters is 1. The summed E-state index contributed by atoms with van der Waals surface area (Å²) in [6, 6.07) is 12.1. The van der Waals surface area contributed by atoms with E-state index in [1.54, 1.807) is 30.3 Å². The normalized spacial score (nSPS) is 11.4. The Labute approximate surface area is 156 Å². The van der Waals surface area contributed by atoms with Gasteiger partial charge in [0, 0.05) is 27.8 Å². The number of benzene rings is 2. The van der Waals surface area contributed by atoms with Crippen molar-refractivity contribution in [2.45, 2.75) is 19.3 Å². The lowest BCUT2D eigenvalue weighted by Gasteiger charge is -2.23. The number of hydrogen-bond donors (Lipinski definition) is 2. The molecule has 6 heteroatoms. The van der Waals surface area contributed by atoms with Gasteiger partial charge in [-0.05, 0) is 55.8 Å². The molecule has 5 nitrogen and oxygen atoms in total. The first-order valence-electron chi connectivity index (χ1n) is 8.10. The Bertz CT molecular complexity index is 974. The number of aromatic amines is 1. The van der Waals surface area contributed by atoms with E-state index in [2.05, 4.69) is 15.0 Å². The van der Waals surface area contributed by atoms with Crippen molar-refractivity contribution in [3.8, 4) is 0 Å². The number of rotatable bonds is 4. The van der Waals surface area contributed by atoms with Gasteiger partial charge in [-0.3, -0.25) is 4.79 Å². The van der Waals surface area contributed by atoms with Crippen LogP contribution in [0.4, 0.5) is 5.69 Å². The standard InChI is InChI=1S/C20H19ClN2O3/c1-20(2,16-11-22-17-10-13(21)6-9-15(16)17)19(25)23-14-7-4-12(5-8-14)18(24)26-3/h4-11,22H,1-3H3,(H,23,25). The second-order valence-corrected chi connectivity index (χ2v) is 6.98. The lowest BCUT2D eigenvalue weighted by Crippen LogP contribution is -2.34. The van der Waals surface area contributed by atoms with Crippen LogP contribution in [0.25, 0.3) is 10.9 Å². The van der Waals surface area contributed by atoms with Crippen LogP contribution < -0.4 is 5.32 Å². The lowest BCUT2D eigenvalue weighted by molar-refractivity contribution is -0.120. The van der Waals surface area contributed by atoms with Gasteiger partial charge in [0.1, 0.15) is 0 Å². The molecule has 0 aliphatic rings. The number of amides is 1. The number of aromatic nitrogens is 1. The number of hydrogen-bond acceptors (Lipinski definition) is 3. The summed E-state index contributed by atoms with van der Waals surface area (Å²) >= 11 is 6.03. The van der Waals surface area contributed by atoms with E-state index < -0.39 is 11.4 Å². The van der Waals surface area contributed by atoms with Gasteiger partial charge in [-0.2, -0.15) is 0 Å². The fraction of sp³-hybridized carbons (Fsp3) is 0.200. The van der Waals surface area contributed by atoms with Crippen LogP contribution in [0.3, 0.4) is 0 Å². The van der Waals surface area contributed by atoms with Gasteiger partial charge in [0.05, 0.1) is 18.1 Å². The Morgan fingerprint density at radius 1 is 1.12 bits per heavy atom. The molecule has 0 bridgehead atoms. The number of methoxy groups -OCH3 is 1. The maximum atomic E-state index is 12.9. The molecule has 26 heavy (non-hydrogen) atoms. The first kappa shape index (κ1) is 18.0. The van der Waals surface area contributed by atoms with Crippen LogP contribution in [-0.4, -0.2) is 24.0 Å². The van der Waals surface area contributed by atoms with E-state index in [1.807, 2.05) is 32.2 Å². The summed E-state index contributed by atoms with van der Waals surface area (Å²) in [5.41, 5.74) is 2.04. The molecule has 0 fully saturated rings. The van der Waals surface area contributed by atoms with Crippen molar-refractivity contribution in [1.82, 2.24) is 4.98 Å². The van der Waals surface area contributed by atoms with Crippen molar-refractivity contribution in [2.75, 3.05) is 12.4 Å². The second kappa shape index (κ2) is 6.84. The van der Waals surface area contributed by atoms with Crippen molar-refractivity contribution in [2.24, 2.45) is 0 Å². The van der Waals surface area contributed by atoms with Gasteiger partial charge >= 0.3 is 5.97 Å². The Morgan fingerprint density at radius 2 is 1.81 bits per heavy atom. The molecule has 2 N–H and O–H groups in total. The molecule has 0 unspecified atom stereocenters. The Balaban J connectivity index is 1.84. The van der Waals surface area contributed by atoms with E-state index in [9.17, 15) is 9.59 Å². The highest BCUT2D eigenvalue weighted by Crippen LogP contribution is 2.32. The molecular formula is C20H19ClN2O3. The summed E-state index contributed by atoms with van der Waals surface area (Å²) < 4.78 is 4.67. The first-order chi connectivity index (χ1) is 12.3. The van der Waals surface area contributed by atoms with Crippen LogP contribution in [0.15, 0.2) is 48.7 Å². The number of ether oxygens (including phenoxy) is 1. The summed E-state index contributed by atoms with van der Waals surface area (Å²) in [4.78, 5) is 27.5. The zero-order valence-corrected chi connectivity index (χ0v) is 15.5. The van der Waals surface area contributed by atoms with Gasteiger partial charge in [0.25, 0.3) is 0 Å². The molecule has 1 aromatic heterocycles. The fourth-order valence-corrected chi connectivity index (χ4v) is 3.00. The van der Waals surface area contributed by atoms with Crippen molar-refractivity contribution < 1.29 is 14.3 Å². The molecule has 0 aliphatic carbocycles.